The molecule has 7 heteroatoms. The molecule has 32 heavy (non-hydrogen) atoms. The fraction of sp³-hybridized carbons (Fsp3) is 0.160. The quantitative estimate of drug-likeness (QED) is 0.507. The Labute approximate surface area is 185 Å². The Morgan fingerprint density at radius 3 is 2.91 bits per heavy atom. The summed E-state index contributed by atoms with van der Waals surface area (Å²) in [5, 5.41) is 8.65. The third-order valence-corrected chi connectivity index (χ3v) is 5.25. The van der Waals surface area contributed by atoms with Crippen molar-refractivity contribution in [2.45, 2.75) is 18.9 Å². The second kappa shape index (κ2) is 8.92. The van der Waals surface area contributed by atoms with Gasteiger partial charge in [0.1, 0.15) is 5.69 Å². The third kappa shape index (κ3) is 4.31. The van der Waals surface area contributed by atoms with Crippen molar-refractivity contribution in [1.82, 2.24) is 19.7 Å². The first-order valence-corrected chi connectivity index (χ1v) is 10.4. The van der Waals surface area contributed by atoms with E-state index in [1.54, 1.807) is 16.9 Å². The molecule has 5 rings (SSSR count). The maximum absolute atomic E-state index is 12.9. The Bertz CT molecular complexity index is 1310. The predicted molar refractivity (Wildman–Crippen MR) is 121 cm³/mol. The maximum atomic E-state index is 12.9. The molecule has 1 atom stereocenters. The number of hydrogen-bond donors (Lipinski definition) is 1. The number of carbonyl (C=O) groups excluding carboxylic acids is 1. The van der Waals surface area contributed by atoms with Crippen LogP contribution in [0.4, 0.5) is 10.5 Å². The first-order valence-electron chi connectivity index (χ1n) is 10.4. The zero-order valence-electron chi connectivity index (χ0n) is 17.3. The Balaban J connectivity index is 1.28. The predicted octanol–water partition coefficient (Wildman–Crippen LogP) is 3.91. The number of rotatable bonds is 3. The van der Waals surface area contributed by atoms with Crippen molar-refractivity contribution in [3.8, 4) is 11.8 Å². The standard InChI is InChI=1S/C25H21N5O2/c31-25(30-22(13-15-32-30)17-19-6-2-1-3-7-19)28-21-9-4-8-20(16-21)11-12-23-18-26-24-10-5-14-27-29(23)24/h1-10,14,16,18,22H,13,15,17H2,(H,28,31)/t22-/m1/s1. The van der Waals surface area contributed by atoms with Gasteiger partial charge in [-0.15, -0.1) is 0 Å². The van der Waals surface area contributed by atoms with E-state index in [1.165, 1.54) is 10.6 Å². The summed E-state index contributed by atoms with van der Waals surface area (Å²) in [6, 6.07) is 21.0. The van der Waals surface area contributed by atoms with Crippen LogP contribution in [0.2, 0.25) is 0 Å². The lowest BCUT2D eigenvalue weighted by Crippen LogP contribution is -2.38. The van der Waals surface area contributed by atoms with E-state index in [1.807, 2.05) is 54.6 Å². The number of urea groups is 1. The smallest absolute Gasteiger partial charge is 0.306 e. The summed E-state index contributed by atoms with van der Waals surface area (Å²) in [5.41, 5.74) is 4.06. The highest BCUT2D eigenvalue weighted by Crippen LogP contribution is 2.21. The molecule has 3 heterocycles. The molecule has 0 saturated carbocycles. The molecule has 1 N–H and O–H groups in total. The van der Waals surface area contributed by atoms with Gasteiger partial charge in [-0.1, -0.05) is 42.3 Å². The summed E-state index contributed by atoms with van der Waals surface area (Å²) >= 11 is 0. The lowest BCUT2D eigenvalue weighted by Gasteiger charge is -2.23. The molecule has 0 aliphatic carbocycles. The molecule has 4 aromatic rings. The van der Waals surface area contributed by atoms with Gasteiger partial charge in [-0.05, 0) is 54.7 Å². The molecular weight excluding hydrogens is 402 g/mol. The van der Waals surface area contributed by atoms with Gasteiger partial charge in [0.2, 0.25) is 0 Å². The molecule has 2 aromatic heterocycles. The van der Waals surface area contributed by atoms with Gasteiger partial charge in [-0.3, -0.25) is 4.84 Å². The number of nitrogens with one attached hydrogen (secondary N) is 1. The number of nitrogens with zero attached hydrogens (tertiary/aromatic N) is 4. The number of carbonyl (C=O) groups is 1. The average molecular weight is 423 g/mol. The van der Waals surface area contributed by atoms with Gasteiger partial charge >= 0.3 is 6.03 Å². The molecule has 0 bridgehead atoms. The number of hydrogen-bond acceptors (Lipinski definition) is 4. The van der Waals surface area contributed by atoms with Crippen LogP contribution >= 0.6 is 0 Å². The van der Waals surface area contributed by atoms with Gasteiger partial charge in [0.15, 0.2) is 5.65 Å². The minimum atomic E-state index is -0.278. The minimum Gasteiger partial charge on any atom is -0.306 e. The van der Waals surface area contributed by atoms with Gasteiger partial charge in [0.25, 0.3) is 0 Å². The molecule has 2 aromatic carbocycles. The van der Waals surface area contributed by atoms with Gasteiger partial charge < -0.3 is 5.32 Å². The zero-order chi connectivity index (χ0) is 21.8. The average Bonchev–Trinajstić information content (AvgIpc) is 3.46. The lowest BCUT2D eigenvalue weighted by atomic mass is 10.0. The van der Waals surface area contributed by atoms with Crippen molar-refractivity contribution >= 4 is 17.4 Å². The Hall–Kier alpha value is -4.15. The number of benzene rings is 2. The molecule has 1 aliphatic rings. The largest absolute Gasteiger partial charge is 0.346 e. The summed E-state index contributed by atoms with van der Waals surface area (Å²) in [6.45, 7) is 0.532. The normalized spacial score (nSPS) is 15.4. The van der Waals surface area contributed by atoms with E-state index >= 15 is 0 Å². The van der Waals surface area contributed by atoms with Crippen molar-refractivity contribution in [2.75, 3.05) is 11.9 Å². The zero-order valence-corrected chi connectivity index (χ0v) is 17.3. The van der Waals surface area contributed by atoms with Crippen LogP contribution in [0.1, 0.15) is 23.2 Å². The van der Waals surface area contributed by atoms with E-state index in [9.17, 15) is 4.79 Å². The van der Waals surface area contributed by atoms with Gasteiger partial charge in [-0.2, -0.15) is 10.2 Å². The van der Waals surface area contributed by atoms with Crippen LogP contribution in [0, 0.1) is 11.8 Å². The fourth-order valence-corrected chi connectivity index (χ4v) is 3.71. The Morgan fingerprint density at radius 2 is 2.00 bits per heavy atom. The molecule has 1 aliphatic heterocycles. The molecule has 1 saturated heterocycles. The van der Waals surface area contributed by atoms with E-state index in [4.69, 9.17) is 4.84 Å². The maximum Gasteiger partial charge on any atom is 0.346 e. The monoisotopic (exact) mass is 423 g/mol. The van der Waals surface area contributed by atoms with Crippen LogP contribution in [0.5, 0.6) is 0 Å². The SMILES string of the molecule is O=C(Nc1cccc(C#Cc2cnc3cccnn23)c1)N1OCC[C@@H]1Cc1ccccc1. The summed E-state index contributed by atoms with van der Waals surface area (Å²) in [4.78, 5) is 22.8. The molecule has 1 fully saturated rings. The highest BCUT2D eigenvalue weighted by Gasteiger charge is 2.30. The van der Waals surface area contributed by atoms with Crippen molar-refractivity contribution < 1.29 is 9.63 Å². The Kier molecular flexibility index (Phi) is 5.52. The van der Waals surface area contributed by atoms with Crippen LogP contribution in [-0.4, -0.2) is 38.3 Å². The van der Waals surface area contributed by atoms with Crippen LogP contribution < -0.4 is 5.32 Å². The molecule has 0 spiro atoms. The molecule has 2 amide bonds. The van der Waals surface area contributed by atoms with E-state index < -0.39 is 0 Å². The van der Waals surface area contributed by atoms with E-state index in [0.29, 0.717) is 18.0 Å². The van der Waals surface area contributed by atoms with Crippen molar-refractivity contribution in [1.29, 1.82) is 0 Å². The van der Waals surface area contributed by atoms with Crippen LogP contribution in [0.15, 0.2) is 79.1 Å². The molecular formula is C25H21N5O2. The number of hydroxylamine groups is 2. The summed E-state index contributed by atoms with van der Waals surface area (Å²) in [6.07, 6.45) is 4.95. The summed E-state index contributed by atoms with van der Waals surface area (Å²) in [5.74, 6) is 6.21. The van der Waals surface area contributed by atoms with E-state index in [2.05, 4.69) is 39.4 Å². The Morgan fingerprint density at radius 1 is 1.09 bits per heavy atom. The van der Waals surface area contributed by atoms with Crippen LogP contribution in [0.3, 0.4) is 0 Å². The molecule has 0 unspecified atom stereocenters. The second-order valence-electron chi connectivity index (χ2n) is 7.49. The number of fused-ring (bicyclic) bond motifs is 1. The topological polar surface area (TPSA) is 71.8 Å². The number of aromatic nitrogens is 3. The third-order valence-electron chi connectivity index (χ3n) is 5.25. The van der Waals surface area contributed by atoms with Crippen LogP contribution in [-0.2, 0) is 11.3 Å². The second-order valence-corrected chi connectivity index (χ2v) is 7.49. The van der Waals surface area contributed by atoms with Crippen molar-refractivity contribution in [2.24, 2.45) is 0 Å². The van der Waals surface area contributed by atoms with Gasteiger partial charge in [-0.25, -0.2) is 14.3 Å². The van der Waals surface area contributed by atoms with E-state index in [-0.39, 0.29) is 12.1 Å². The molecule has 0 radical (unpaired) electrons. The highest BCUT2D eigenvalue weighted by atomic mass is 16.7. The number of amides is 2. The fourth-order valence-electron chi connectivity index (χ4n) is 3.71. The lowest BCUT2D eigenvalue weighted by molar-refractivity contribution is -0.0818. The van der Waals surface area contributed by atoms with Gasteiger partial charge in [0.05, 0.1) is 18.8 Å². The van der Waals surface area contributed by atoms with Gasteiger partial charge in [0, 0.05) is 17.4 Å². The summed E-state index contributed by atoms with van der Waals surface area (Å²) in [7, 11) is 0. The first-order chi connectivity index (χ1) is 15.8. The molecule has 158 valence electrons. The van der Waals surface area contributed by atoms with Crippen molar-refractivity contribution in [3.63, 3.8) is 0 Å². The minimum absolute atomic E-state index is 0.00280. The van der Waals surface area contributed by atoms with Crippen LogP contribution in [0.25, 0.3) is 5.65 Å². The number of anilines is 1. The van der Waals surface area contributed by atoms with Crippen molar-refractivity contribution in [3.05, 3.63) is 95.9 Å². The molecule has 7 nitrogen and oxygen atoms in total. The highest BCUT2D eigenvalue weighted by molar-refractivity contribution is 5.89. The first kappa shape index (κ1) is 19.8. The summed E-state index contributed by atoms with van der Waals surface area (Å²) < 4.78 is 1.69. The van der Waals surface area contributed by atoms with E-state index in [0.717, 1.165) is 24.1 Å². The number of imidazole rings is 1.